The van der Waals surface area contributed by atoms with E-state index in [0.29, 0.717) is 5.92 Å². The van der Waals surface area contributed by atoms with E-state index in [4.69, 9.17) is 9.47 Å². The van der Waals surface area contributed by atoms with E-state index in [-0.39, 0.29) is 0 Å². The smallest absolute Gasteiger partial charge is 0.122 e. The Balaban J connectivity index is 1.92. The van der Waals surface area contributed by atoms with Crippen molar-refractivity contribution in [2.24, 2.45) is 5.92 Å². The van der Waals surface area contributed by atoms with Crippen molar-refractivity contribution in [2.45, 2.75) is 32.8 Å². The molecular weight excluding hydrogens is 228 g/mol. The Morgan fingerprint density at radius 2 is 2.11 bits per heavy atom. The van der Waals surface area contributed by atoms with Crippen LogP contribution in [0.4, 0.5) is 0 Å². The van der Waals surface area contributed by atoms with Crippen molar-refractivity contribution in [1.29, 1.82) is 0 Å². The van der Waals surface area contributed by atoms with Gasteiger partial charge in [-0.25, -0.2) is 0 Å². The van der Waals surface area contributed by atoms with E-state index >= 15 is 0 Å². The molecule has 1 N–H and O–H groups in total. The summed E-state index contributed by atoms with van der Waals surface area (Å²) >= 11 is 0. The molecule has 1 aliphatic heterocycles. The summed E-state index contributed by atoms with van der Waals surface area (Å²) in [6, 6.07) is 5.87. The second-order valence-corrected chi connectivity index (χ2v) is 5.07. The van der Waals surface area contributed by atoms with E-state index in [1.54, 1.807) is 6.92 Å². The van der Waals surface area contributed by atoms with Gasteiger partial charge in [0, 0.05) is 13.2 Å². The van der Waals surface area contributed by atoms with Crippen LogP contribution in [0.25, 0.3) is 0 Å². The Morgan fingerprint density at radius 1 is 1.39 bits per heavy atom. The van der Waals surface area contributed by atoms with Crippen molar-refractivity contribution < 1.29 is 14.6 Å². The Hall–Kier alpha value is -1.06. The molecule has 1 aromatic carbocycles. The Bertz CT molecular complexity index is 381. The third-order valence-electron chi connectivity index (χ3n) is 3.50. The second kappa shape index (κ2) is 6.21. The number of benzene rings is 1. The first kappa shape index (κ1) is 13.4. The van der Waals surface area contributed by atoms with E-state index in [0.717, 1.165) is 49.5 Å². The molecule has 3 nitrogen and oxygen atoms in total. The van der Waals surface area contributed by atoms with Crippen LogP contribution < -0.4 is 4.74 Å². The molecule has 100 valence electrons. The van der Waals surface area contributed by atoms with Gasteiger partial charge in [-0.2, -0.15) is 0 Å². The first-order valence-electron chi connectivity index (χ1n) is 6.66. The van der Waals surface area contributed by atoms with Gasteiger partial charge in [-0.15, -0.1) is 0 Å². The lowest BCUT2D eigenvalue weighted by molar-refractivity contribution is 0.0496. The molecule has 0 amide bonds. The molecule has 1 atom stereocenters. The molecule has 1 saturated heterocycles. The molecule has 0 aromatic heterocycles. The van der Waals surface area contributed by atoms with E-state index < -0.39 is 6.10 Å². The van der Waals surface area contributed by atoms with Crippen molar-refractivity contribution in [1.82, 2.24) is 0 Å². The highest BCUT2D eigenvalue weighted by Crippen LogP contribution is 2.24. The molecule has 0 unspecified atom stereocenters. The number of aryl methyl sites for hydroxylation is 1. The van der Waals surface area contributed by atoms with Crippen molar-refractivity contribution in [3.8, 4) is 5.75 Å². The Kier molecular flexibility index (Phi) is 4.61. The van der Waals surface area contributed by atoms with Gasteiger partial charge in [0.1, 0.15) is 5.75 Å². The maximum Gasteiger partial charge on any atom is 0.122 e. The minimum Gasteiger partial charge on any atom is -0.493 e. The first-order valence-corrected chi connectivity index (χ1v) is 6.66. The zero-order valence-corrected chi connectivity index (χ0v) is 11.2. The molecule has 0 bridgehead atoms. The minimum atomic E-state index is -0.423. The van der Waals surface area contributed by atoms with Gasteiger partial charge in [0.05, 0.1) is 12.7 Å². The van der Waals surface area contributed by atoms with Gasteiger partial charge in [0.2, 0.25) is 0 Å². The Labute approximate surface area is 109 Å². The normalized spacial score (nSPS) is 18.6. The summed E-state index contributed by atoms with van der Waals surface area (Å²) in [5.41, 5.74) is 2.02. The van der Waals surface area contributed by atoms with Crippen LogP contribution in [-0.4, -0.2) is 24.9 Å². The highest BCUT2D eigenvalue weighted by atomic mass is 16.5. The SMILES string of the molecule is Cc1cc([C@H](C)O)ccc1OCC1CCOCC1. The maximum absolute atomic E-state index is 9.52. The van der Waals surface area contributed by atoms with Gasteiger partial charge in [-0.1, -0.05) is 6.07 Å². The molecular formula is C15H22O3. The fourth-order valence-electron chi connectivity index (χ4n) is 2.22. The number of aliphatic hydroxyl groups excluding tert-OH is 1. The summed E-state index contributed by atoms with van der Waals surface area (Å²) in [4.78, 5) is 0. The molecule has 1 heterocycles. The van der Waals surface area contributed by atoms with Crippen LogP contribution >= 0.6 is 0 Å². The van der Waals surface area contributed by atoms with Crippen LogP contribution in [0.5, 0.6) is 5.75 Å². The summed E-state index contributed by atoms with van der Waals surface area (Å²) in [5, 5.41) is 9.52. The van der Waals surface area contributed by atoms with Gasteiger partial charge >= 0.3 is 0 Å². The van der Waals surface area contributed by atoms with Crippen molar-refractivity contribution >= 4 is 0 Å². The van der Waals surface area contributed by atoms with Gasteiger partial charge < -0.3 is 14.6 Å². The number of aliphatic hydroxyl groups is 1. The Morgan fingerprint density at radius 3 is 2.72 bits per heavy atom. The minimum absolute atomic E-state index is 0.423. The maximum atomic E-state index is 9.52. The molecule has 3 heteroatoms. The largest absolute Gasteiger partial charge is 0.493 e. The zero-order chi connectivity index (χ0) is 13.0. The van der Waals surface area contributed by atoms with Crippen LogP contribution in [0.1, 0.15) is 37.0 Å². The standard InChI is InChI=1S/C15H22O3/c1-11-9-14(12(2)16)3-4-15(11)18-10-13-5-7-17-8-6-13/h3-4,9,12-13,16H,5-8,10H2,1-2H3/t12-/m0/s1. The first-order chi connectivity index (χ1) is 8.66. The zero-order valence-electron chi connectivity index (χ0n) is 11.2. The quantitative estimate of drug-likeness (QED) is 0.893. The molecule has 18 heavy (non-hydrogen) atoms. The topological polar surface area (TPSA) is 38.7 Å². The van der Waals surface area contributed by atoms with Gasteiger partial charge in [-0.05, 0) is 55.9 Å². The van der Waals surface area contributed by atoms with E-state index in [9.17, 15) is 5.11 Å². The number of rotatable bonds is 4. The molecule has 1 fully saturated rings. The van der Waals surface area contributed by atoms with Crippen molar-refractivity contribution in [2.75, 3.05) is 19.8 Å². The van der Waals surface area contributed by atoms with Gasteiger partial charge in [0.25, 0.3) is 0 Å². The summed E-state index contributed by atoms with van der Waals surface area (Å²) in [6.45, 7) is 6.27. The third-order valence-corrected chi connectivity index (χ3v) is 3.50. The highest BCUT2D eigenvalue weighted by molar-refractivity contribution is 5.36. The molecule has 0 saturated carbocycles. The predicted molar refractivity (Wildman–Crippen MR) is 70.9 cm³/mol. The number of hydrogen-bond donors (Lipinski definition) is 1. The van der Waals surface area contributed by atoms with Gasteiger partial charge in [-0.3, -0.25) is 0 Å². The molecule has 2 rings (SSSR count). The monoisotopic (exact) mass is 250 g/mol. The van der Waals surface area contributed by atoms with E-state index in [1.165, 1.54) is 0 Å². The lowest BCUT2D eigenvalue weighted by Gasteiger charge is -2.22. The molecule has 0 spiro atoms. The van der Waals surface area contributed by atoms with Crippen LogP contribution in [0.15, 0.2) is 18.2 Å². The molecule has 1 aliphatic rings. The summed E-state index contributed by atoms with van der Waals surface area (Å²) in [7, 11) is 0. The van der Waals surface area contributed by atoms with Crippen molar-refractivity contribution in [3.63, 3.8) is 0 Å². The summed E-state index contributed by atoms with van der Waals surface area (Å²) < 4.78 is 11.2. The van der Waals surface area contributed by atoms with Gasteiger partial charge in [0.15, 0.2) is 0 Å². The lowest BCUT2D eigenvalue weighted by atomic mass is 10.0. The lowest BCUT2D eigenvalue weighted by Crippen LogP contribution is -2.21. The predicted octanol–water partition coefficient (Wildman–Crippen LogP) is 2.85. The average Bonchev–Trinajstić information content (AvgIpc) is 2.38. The van der Waals surface area contributed by atoms with Crippen molar-refractivity contribution in [3.05, 3.63) is 29.3 Å². The second-order valence-electron chi connectivity index (χ2n) is 5.07. The molecule has 0 radical (unpaired) electrons. The van der Waals surface area contributed by atoms with E-state index in [2.05, 4.69) is 0 Å². The van der Waals surface area contributed by atoms with Crippen LogP contribution in [0.2, 0.25) is 0 Å². The molecule has 1 aromatic rings. The van der Waals surface area contributed by atoms with Crippen LogP contribution in [0, 0.1) is 12.8 Å². The van der Waals surface area contributed by atoms with E-state index in [1.807, 2.05) is 25.1 Å². The highest BCUT2D eigenvalue weighted by Gasteiger charge is 2.15. The summed E-state index contributed by atoms with van der Waals surface area (Å²) in [6.07, 6.45) is 1.75. The third kappa shape index (κ3) is 3.47. The fraction of sp³-hybridized carbons (Fsp3) is 0.600. The summed E-state index contributed by atoms with van der Waals surface area (Å²) in [5.74, 6) is 1.53. The number of hydrogen-bond acceptors (Lipinski definition) is 3. The number of ether oxygens (including phenoxy) is 2. The average molecular weight is 250 g/mol. The fourth-order valence-corrected chi connectivity index (χ4v) is 2.22. The van der Waals surface area contributed by atoms with Crippen LogP contribution in [0.3, 0.4) is 0 Å². The molecule has 0 aliphatic carbocycles. The van der Waals surface area contributed by atoms with Crippen LogP contribution in [-0.2, 0) is 4.74 Å².